The summed E-state index contributed by atoms with van der Waals surface area (Å²) in [5, 5.41) is 0. The number of hydrazine groups is 1. The van der Waals surface area contributed by atoms with Crippen LogP contribution in [0.5, 0.6) is 0 Å². The predicted octanol–water partition coefficient (Wildman–Crippen LogP) is 2.90. The first-order chi connectivity index (χ1) is 9.70. The molecule has 20 heavy (non-hydrogen) atoms. The van der Waals surface area contributed by atoms with Gasteiger partial charge in [0.2, 0.25) is 5.96 Å². The van der Waals surface area contributed by atoms with Crippen molar-refractivity contribution in [3.63, 3.8) is 0 Å². The van der Waals surface area contributed by atoms with E-state index in [4.69, 9.17) is 5.84 Å². The topological polar surface area (TPSA) is 53.6 Å². The molecule has 0 aromatic heterocycles. The monoisotopic (exact) mass is 274 g/mol. The molecule has 3 N–H and O–H groups in total. The maximum Gasteiger partial charge on any atom is 0.213 e. The molecule has 0 amide bonds. The SMILES string of the molecule is CC(C)C1CCCN(C(=Nc2ccccc2)NN)CC1. The van der Waals surface area contributed by atoms with E-state index in [1.165, 1.54) is 19.3 Å². The van der Waals surface area contributed by atoms with Gasteiger partial charge in [-0.25, -0.2) is 10.8 Å². The van der Waals surface area contributed by atoms with Crippen molar-refractivity contribution >= 4 is 11.6 Å². The van der Waals surface area contributed by atoms with E-state index in [9.17, 15) is 0 Å². The van der Waals surface area contributed by atoms with Crippen LogP contribution in [-0.2, 0) is 0 Å². The first-order valence-electron chi connectivity index (χ1n) is 7.56. The third-order valence-electron chi connectivity index (χ3n) is 4.14. The van der Waals surface area contributed by atoms with E-state index < -0.39 is 0 Å². The molecule has 1 aliphatic heterocycles. The van der Waals surface area contributed by atoms with Crippen molar-refractivity contribution in [2.24, 2.45) is 22.7 Å². The summed E-state index contributed by atoms with van der Waals surface area (Å²) in [6, 6.07) is 9.96. The number of guanidine groups is 1. The third-order valence-corrected chi connectivity index (χ3v) is 4.14. The Morgan fingerprint density at radius 3 is 2.65 bits per heavy atom. The lowest BCUT2D eigenvalue weighted by Gasteiger charge is -2.24. The smallest absolute Gasteiger partial charge is 0.213 e. The van der Waals surface area contributed by atoms with E-state index in [0.29, 0.717) is 0 Å². The van der Waals surface area contributed by atoms with Crippen molar-refractivity contribution in [2.45, 2.75) is 33.1 Å². The Bertz CT molecular complexity index is 427. The molecule has 2 rings (SSSR count). The first-order valence-corrected chi connectivity index (χ1v) is 7.56. The molecule has 110 valence electrons. The minimum Gasteiger partial charge on any atom is -0.342 e. The first kappa shape index (κ1) is 14.9. The quantitative estimate of drug-likeness (QED) is 0.377. The molecule has 0 radical (unpaired) electrons. The van der Waals surface area contributed by atoms with Crippen LogP contribution in [0.4, 0.5) is 5.69 Å². The molecule has 1 fully saturated rings. The maximum atomic E-state index is 5.67. The van der Waals surface area contributed by atoms with E-state index in [1.807, 2.05) is 30.3 Å². The average molecular weight is 274 g/mol. The largest absolute Gasteiger partial charge is 0.342 e. The standard InChI is InChI=1S/C16H26N4/c1-13(2)14-7-6-11-20(12-10-14)16(19-17)18-15-8-4-3-5-9-15/h3-5,8-9,13-14H,6-7,10-12,17H2,1-2H3,(H,18,19). The fourth-order valence-electron chi connectivity index (χ4n) is 2.82. The maximum absolute atomic E-state index is 5.67. The summed E-state index contributed by atoms with van der Waals surface area (Å²) in [7, 11) is 0. The average Bonchev–Trinajstić information content (AvgIpc) is 2.72. The molecule has 1 aromatic carbocycles. The number of para-hydroxylation sites is 1. The summed E-state index contributed by atoms with van der Waals surface area (Å²) < 4.78 is 0. The summed E-state index contributed by atoms with van der Waals surface area (Å²) >= 11 is 0. The molecule has 1 aromatic rings. The second-order valence-electron chi connectivity index (χ2n) is 5.84. The second-order valence-corrected chi connectivity index (χ2v) is 5.84. The number of nitrogens with zero attached hydrogens (tertiary/aromatic N) is 2. The summed E-state index contributed by atoms with van der Waals surface area (Å²) in [4.78, 5) is 6.89. The number of benzene rings is 1. The highest BCUT2D eigenvalue weighted by Crippen LogP contribution is 2.24. The molecule has 0 spiro atoms. The van der Waals surface area contributed by atoms with Gasteiger partial charge in [0, 0.05) is 13.1 Å². The van der Waals surface area contributed by atoms with Gasteiger partial charge in [0.05, 0.1) is 5.69 Å². The van der Waals surface area contributed by atoms with Gasteiger partial charge in [-0.2, -0.15) is 0 Å². The molecule has 1 atom stereocenters. The van der Waals surface area contributed by atoms with Crippen molar-refractivity contribution in [3.05, 3.63) is 30.3 Å². The van der Waals surface area contributed by atoms with Crippen LogP contribution in [0.3, 0.4) is 0 Å². The predicted molar refractivity (Wildman–Crippen MR) is 84.6 cm³/mol. The number of nitrogens with one attached hydrogen (secondary N) is 1. The van der Waals surface area contributed by atoms with Gasteiger partial charge in [0.1, 0.15) is 0 Å². The molecule has 0 aliphatic carbocycles. The van der Waals surface area contributed by atoms with Crippen LogP contribution in [0.1, 0.15) is 33.1 Å². The fraction of sp³-hybridized carbons (Fsp3) is 0.562. The summed E-state index contributed by atoms with van der Waals surface area (Å²) in [5.41, 5.74) is 3.70. The zero-order valence-electron chi connectivity index (χ0n) is 12.5. The highest BCUT2D eigenvalue weighted by Gasteiger charge is 2.21. The molecule has 4 nitrogen and oxygen atoms in total. The summed E-state index contributed by atoms with van der Waals surface area (Å²) in [6.45, 7) is 6.69. The Balaban J connectivity index is 2.06. The number of hydrogen-bond donors (Lipinski definition) is 2. The van der Waals surface area contributed by atoms with E-state index in [0.717, 1.165) is 36.6 Å². The van der Waals surface area contributed by atoms with E-state index in [2.05, 4.69) is 29.2 Å². The van der Waals surface area contributed by atoms with E-state index in [-0.39, 0.29) is 0 Å². The van der Waals surface area contributed by atoms with Gasteiger partial charge in [0.15, 0.2) is 0 Å². The lowest BCUT2D eigenvalue weighted by atomic mass is 9.89. The van der Waals surface area contributed by atoms with Gasteiger partial charge >= 0.3 is 0 Å². The molecular formula is C16H26N4. The Kier molecular flexibility index (Phi) is 5.41. The Hall–Kier alpha value is -1.55. The Morgan fingerprint density at radius 2 is 2.00 bits per heavy atom. The van der Waals surface area contributed by atoms with Gasteiger partial charge in [0.25, 0.3) is 0 Å². The van der Waals surface area contributed by atoms with Crippen LogP contribution in [0.15, 0.2) is 35.3 Å². The van der Waals surface area contributed by atoms with Crippen molar-refractivity contribution in [3.8, 4) is 0 Å². The fourth-order valence-corrected chi connectivity index (χ4v) is 2.82. The van der Waals surface area contributed by atoms with Gasteiger partial charge in [-0.1, -0.05) is 32.0 Å². The summed E-state index contributed by atoms with van der Waals surface area (Å²) in [5.74, 6) is 8.03. The minimum atomic E-state index is 0.760. The molecule has 4 heteroatoms. The van der Waals surface area contributed by atoms with E-state index in [1.54, 1.807) is 0 Å². The Morgan fingerprint density at radius 1 is 1.25 bits per heavy atom. The minimum absolute atomic E-state index is 0.760. The van der Waals surface area contributed by atoms with Crippen LogP contribution in [0.25, 0.3) is 0 Å². The number of hydrogen-bond acceptors (Lipinski definition) is 2. The highest BCUT2D eigenvalue weighted by atomic mass is 15.4. The lowest BCUT2D eigenvalue weighted by molar-refractivity contribution is 0.338. The van der Waals surface area contributed by atoms with Crippen LogP contribution in [0.2, 0.25) is 0 Å². The van der Waals surface area contributed by atoms with Gasteiger partial charge in [-0.05, 0) is 43.2 Å². The van der Waals surface area contributed by atoms with Crippen LogP contribution in [0, 0.1) is 11.8 Å². The van der Waals surface area contributed by atoms with Crippen molar-refractivity contribution in [2.75, 3.05) is 13.1 Å². The van der Waals surface area contributed by atoms with Crippen LogP contribution in [-0.4, -0.2) is 23.9 Å². The lowest BCUT2D eigenvalue weighted by Crippen LogP contribution is -2.45. The van der Waals surface area contributed by atoms with Gasteiger partial charge in [-0.3, -0.25) is 5.43 Å². The van der Waals surface area contributed by atoms with Crippen molar-refractivity contribution in [1.29, 1.82) is 0 Å². The number of aliphatic imine (C=N–C) groups is 1. The molecule has 1 heterocycles. The van der Waals surface area contributed by atoms with Crippen LogP contribution < -0.4 is 11.3 Å². The number of nitrogens with two attached hydrogens (primary N) is 1. The molecule has 0 saturated carbocycles. The third kappa shape index (κ3) is 3.97. The molecular weight excluding hydrogens is 248 g/mol. The van der Waals surface area contributed by atoms with Crippen molar-refractivity contribution < 1.29 is 0 Å². The normalized spacial score (nSPS) is 20.9. The Labute approximate surface area is 122 Å². The number of rotatable bonds is 2. The summed E-state index contributed by atoms with van der Waals surface area (Å²) in [6.07, 6.45) is 3.73. The van der Waals surface area contributed by atoms with Gasteiger partial charge in [-0.15, -0.1) is 0 Å². The molecule has 1 unspecified atom stereocenters. The number of likely N-dealkylation sites (tertiary alicyclic amines) is 1. The molecule has 1 saturated heterocycles. The highest BCUT2D eigenvalue weighted by molar-refractivity contribution is 5.82. The molecule has 1 aliphatic rings. The molecule has 0 bridgehead atoms. The van der Waals surface area contributed by atoms with Crippen LogP contribution >= 0.6 is 0 Å². The van der Waals surface area contributed by atoms with Gasteiger partial charge < -0.3 is 4.90 Å². The second kappa shape index (κ2) is 7.29. The van der Waals surface area contributed by atoms with E-state index >= 15 is 0 Å². The zero-order chi connectivity index (χ0) is 14.4. The van der Waals surface area contributed by atoms with Crippen molar-refractivity contribution in [1.82, 2.24) is 10.3 Å². The zero-order valence-corrected chi connectivity index (χ0v) is 12.5.